The second-order valence-corrected chi connectivity index (χ2v) is 0.763. The van der Waals surface area contributed by atoms with E-state index in [9.17, 15) is 8.78 Å². The fourth-order valence-electron chi connectivity index (χ4n) is 0.119. The highest BCUT2D eigenvalue weighted by molar-refractivity contribution is 3.97. The first kappa shape index (κ1) is 6.78. The molecule has 0 unspecified atom stereocenters. The number of rotatable bonds is 3. The van der Waals surface area contributed by atoms with Gasteiger partial charge in [0.25, 0.3) is 0 Å². The van der Waals surface area contributed by atoms with Gasteiger partial charge in [-0.2, -0.15) is 13.7 Å². The van der Waals surface area contributed by atoms with Crippen LogP contribution in [0.4, 0.5) is 8.78 Å². The van der Waals surface area contributed by atoms with Crippen LogP contribution in [-0.4, -0.2) is 13.2 Å². The molecule has 0 N–H and O–H groups in total. The molecule has 0 bridgehead atoms. The lowest BCUT2D eigenvalue weighted by atomic mass is 10.9. The molecule has 4 heteroatoms. The lowest BCUT2D eigenvalue weighted by Gasteiger charge is -1.95. The Morgan fingerprint density at radius 3 is 2.29 bits per heavy atom. The monoisotopic (exact) mass is 112 g/mol. The average Bonchev–Trinajstić information content (AvgIpc) is 1.61. The van der Waals surface area contributed by atoms with E-state index in [1.807, 2.05) is 0 Å². The predicted octanol–water partition coefficient (Wildman–Crippen LogP) is 1.18. The Labute approximate surface area is 40.0 Å². The van der Waals surface area contributed by atoms with Crippen LogP contribution in [0.3, 0.4) is 0 Å². The van der Waals surface area contributed by atoms with Crippen molar-refractivity contribution < 1.29 is 18.6 Å². The molecule has 0 saturated heterocycles. The van der Waals surface area contributed by atoms with E-state index >= 15 is 0 Å². The van der Waals surface area contributed by atoms with Crippen LogP contribution in [0.2, 0.25) is 0 Å². The zero-order valence-corrected chi connectivity index (χ0v) is 3.86. The Hall–Kier alpha value is -0.220. The molecular formula is C3H6F2O2. The van der Waals surface area contributed by atoms with E-state index in [-0.39, 0.29) is 6.61 Å². The molecule has 0 atom stereocenters. The second kappa shape index (κ2) is 3.95. The molecule has 0 aromatic heterocycles. The van der Waals surface area contributed by atoms with Gasteiger partial charge >= 0.3 is 6.61 Å². The minimum Gasteiger partial charge on any atom is -0.231 e. The maximum Gasteiger partial charge on any atom is 0.371 e. The van der Waals surface area contributed by atoms with Crippen molar-refractivity contribution in [1.82, 2.24) is 0 Å². The van der Waals surface area contributed by atoms with Crippen molar-refractivity contribution in [3.63, 3.8) is 0 Å². The molecule has 44 valence electrons. The summed E-state index contributed by atoms with van der Waals surface area (Å²) in [6.45, 7) is -1.12. The van der Waals surface area contributed by atoms with E-state index in [1.165, 1.54) is 0 Å². The normalized spacial score (nSPS) is 10.3. The van der Waals surface area contributed by atoms with Crippen LogP contribution in [0, 0.1) is 0 Å². The standard InChI is InChI=1S/C3H6F2O2/c1-2-6-7-3(4)5/h3H,2H2,1H3. The summed E-state index contributed by atoms with van der Waals surface area (Å²) >= 11 is 0. The summed E-state index contributed by atoms with van der Waals surface area (Å²) in [4.78, 5) is 7.20. The summed E-state index contributed by atoms with van der Waals surface area (Å²) < 4.78 is 21.7. The molecule has 0 aliphatic carbocycles. The summed E-state index contributed by atoms with van der Waals surface area (Å²) in [5.74, 6) is 0. The molecule has 0 rings (SSSR count). The number of halogens is 2. The summed E-state index contributed by atoms with van der Waals surface area (Å²) in [6, 6.07) is 0. The molecule has 7 heavy (non-hydrogen) atoms. The number of hydrogen-bond donors (Lipinski definition) is 0. The van der Waals surface area contributed by atoms with Gasteiger partial charge in [-0.05, 0) is 6.92 Å². The zero-order chi connectivity index (χ0) is 5.70. The van der Waals surface area contributed by atoms with Crippen molar-refractivity contribution >= 4 is 0 Å². The van der Waals surface area contributed by atoms with Crippen LogP contribution in [0.25, 0.3) is 0 Å². The first-order valence-electron chi connectivity index (χ1n) is 1.83. The third-order valence-electron chi connectivity index (χ3n) is 0.259. The highest BCUT2D eigenvalue weighted by Gasteiger charge is 1.98. The van der Waals surface area contributed by atoms with Gasteiger partial charge in [-0.3, -0.25) is 0 Å². The molecule has 2 nitrogen and oxygen atoms in total. The largest absolute Gasteiger partial charge is 0.371 e. The molecule has 0 fully saturated rings. The van der Waals surface area contributed by atoms with E-state index < -0.39 is 6.61 Å². The van der Waals surface area contributed by atoms with Crippen LogP contribution >= 0.6 is 0 Å². The van der Waals surface area contributed by atoms with E-state index in [0.29, 0.717) is 0 Å². The molecular weight excluding hydrogens is 106 g/mol. The Balaban J connectivity index is 2.68. The van der Waals surface area contributed by atoms with Crippen molar-refractivity contribution in [3.05, 3.63) is 0 Å². The topological polar surface area (TPSA) is 18.5 Å². The third kappa shape index (κ3) is 5.78. The molecule has 0 saturated carbocycles. The van der Waals surface area contributed by atoms with Gasteiger partial charge in [-0.15, -0.1) is 0 Å². The predicted molar refractivity (Wildman–Crippen MR) is 18.7 cm³/mol. The van der Waals surface area contributed by atoms with E-state index in [2.05, 4.69) is 9.78 Å². The van der Waals surface area contributed by atoms with Crippen LogP contribution in [0.1, 0.15) is 6.92 Å². The van der Waals surface area contributed by atoms with Gasteiger partial charge in [0.15, 0.2) is 0 Å². The summed E-state index contributed by atoms with van der Waals surface area (Å²) in [5, 5.41) is 0. The number of alkyl halides is 2. The SMILES string of the molecule is CCOOC(F)F. The smallest absolute Gasteiger partial charge is 0.231 e. The molecule has 0 aliphatic rings. The fourth-order valence-corrected chi connectivity index (χ4v) is 0.119. The van der Waals surface area contributed by atoms with E-state index in [1.54, 1.807) is 6.92 Å². The van der Waals surface area contributed by atoms with Crippen molar-refractivity contribution in [2.24, 2.45) is 0 Å². The van der Waals surface area contributed by atoms with Gasteiger partial charge in [0.1, 0.15) is 0 Å². The van der Waals surface area contributed by atoms with Crippen molar-refractivity contribution in [3.8, 4) is 0 Å². The minimum absolute atomic E-state index is 0.143. The molecule has 0 spiro atoms. The fraction of sp³-hybridized carbons (Fsp3) is 1.00. The van der Waals surface area contributed by atoms with Gasteiger partial charge in [0.2, 0.25) is 0 Å². The Bertz CT molecular complexity index is 39.9. The minimum atomic E-state index is -2.82. The highest BCUT2D eigenvalue weighted by atomic mass is 19.3. The van der Waals surface area contributed by atoms with Gasteiger partial charge in [-0.1, -0.05) is 0 Å². The van der Waals surface area contributed by atoms with Crippen LogP contribution < -0.4 is 0 Å². The van der Waals surface area contributed by atoms with Gasteiger partial charge in [0.05, 0.1) is 6.61 Å². The maximum absolute atomic E-state index is 10.9. The van der Waals surface area contributed by atoms with Gasteiger partial charge < -0.3 is 0 Å². The van der Waals surface area contributed by atoms with Crippen molar-refractivity contribution in [1.29, 1.82) is 0 Å². The molecule has 0 radical (unpaired) electrons. The van der Waals surface area contributed by atoms with Gasteiger partial charge in [-0.25, -0.2) is 4.89 Å². The Kier molecular flexibility index (Phi) is 3.83. The first-order valence-corrected chi connectivity index (χ1v) is 1.83. The average molecular weight is 112 g/mol. The summed E-state index contributed by atoms with van der Waals surface area (Å²) in [6.07, 6.45) is 0. The maximum atomic E-state index is 10.9. The van der Waals surface area contributed by atoms with Crippen LogP contribution in [0.5, 0.6) is 0 Å². The van der Waals surface area contributed by atoms with Crippen molar-refractivity contribution in [2.45, 2.75) is 13.5 Å². The Morgan fingerprint density at radius 2 is 2.14 bits per heavy atom. The Morgan fingerprint density at radius 1 is 1.57 bits per heavy atom. The van der Waals surface area contributed by atoms with Crippen LogP contribution in [-0.2, 0) is 9.78 Å². The molecule has 0 aromatic rings. The van der Waals surface area contributed by atoms with E-state index in [4.69, 9.17) is 0 Å². The first-order chi connectivity index (χ1) is 3.27. The molecule has 0 amide bonds. The highest BCUT2D eigenvalue weighted by Crippen LogP contribution is 1.93. The number of hydrogen-bond acceptors (Lipinski definition) is 2. The van der Waals surface area contributed by atoms with E-state index in [0.717, 1.165) is 0 Å². The lowest BCUT2D eigenvalue weighted by molar-refractivity contribution is -0.381. The zero-order valence-electron chi connectivity index (χ0n) is 3.86. The lowest BCUT2D eigenvalue weighted by Crippen LogP contribution is -1.99. The summed E-state index contributed by atoms with van der Waals surface area (Å²) in [5.41, 5.74) is 0. The molecule has 0 aliphatic heterocycles. The second-order valence-electron chi connectivity index (χ2n) is 0.763. The summed E-state index contributed by atoms with van der Waals surface area (Å²) in [7, 11) is 0. The van der Waals surface area contributed by atoms with Crippen LogP contribution in [0.15, 0.2) is 0 Å². The molecule has 0 heterocycles. The van der Waals surface area contributed by atoms with Crippen molar-refractivity contribution in [2.75, 3.05) is 6.61 Å². The third-order valence-corrected chi connectivity index (χ3v) is 0.259. The molecule has 0 aromatic carbocycles. The quantitative estimate of drug-likeness (QED) is 0.403. The van der Waals surface area contributed by atoms with Gasteiger partial charge in [0, 0.05) is 0 Å².